The lowest BCUT2D eigenvalue weighted by molar-refractivity contribution is -0.131. The predicted octanol–water partition coefficient (Wildman–Crippen LogP) is 1.40. The molecule has 1 aromatic heterocycles. The zero-order chi connectivity index (χ0) is 17.4. The van der Waals surface area contributed by atoms with E-state index >= 15 is 0 Å². The number of likely N-dealkylation sites (tertiary alicyclic amines) is 1. The number of aromatic amines is 1. The van der Waals surface area contributed by atoms with E-state index in [1.165, 1.54) is 4.90 Å². The highest BCUT2D eigenvalue weighted by molar-refractivity contribution is 5.93. The van der Waals surface area contributed by atoms with E-state index < -0.39 is 0 Å². The van der Waals surface area contributed by atoms with Crippen LogP contribution in [0.1, 0.15) is 43.2 Å². The molecule has 23 heavy (non-hydrogen) atoms. The number of rotatable bonds is 3. The Labute approximate surface area is 136 Å². The summed E-state index contributed by atoms with van der Waals surface area (Å²) in [6.45, 7) is 8.90. The molecule has 0 spiro atoms. The Bertz CT molecular complexity index is 672. The van der Waals surface area contributed by atoms with E-state index in [1.54, 1.807) is 26.1 Å². The summed E-state index contributed by atoms with van der Waals surface area (Å²) in [6, 6.07) is 3.26. The van der Waals surface area contributed by atoms with Crippen LogP contribution in [-0.4, -0.2) is 52.3 Å². The number of amides is 2. The second-order valence-electron chi connectivity index (χ2n) is 7.32. The molecule has 0 saturated carbocycles. The molecule has 1 aromatic rings. The molecule has 0 bridgehead atoms. The number of hydrogen-bond donors (Lipinski definition) is 1. The summed E-state index contributed by atoms with van der Waals surface area (Å²) in [5, 5.41) is 0. The SMILES string of the molecule is Cc1ccc(C(=O)N(C)CC2CC(=O)N(C(C)(C)C)C2)c(=O)[nH]1. The molecule has 1 unspecified atom stereocenters. The smallest absolute Gasteiger partial charge is 0.260 e. The number of carbonyl (C=O) groups is 2. The van der Waals surface area contributed by atoms with Gasteiger partial charge < -0.3 is 14.8 Å². The molecule has 1 N–H and O–H groups in total. The summed E-state index contributed by atoms with van der Waals surface area (Å²) >= 11 is 0. The van der Waals surface area contributed by atoms with E-state index in [4.69, 9.17) is 0 Å². The lowest BCUT2D eigenvalue weighted by Gasteiger charge is -2.32. The number of pyridine rings is 1. The van der Waals surface area contributed by atoms with Crippen LogP contribution in [0, 0.1) is 12.8 Å². The third-order valence-corrected chi connectivity index (χ3v) is 4.18. The van der Waals surface area contributed by atoms with Crippen LogP contribution < -0.4 is 5.56 Å². The normalized spacial score (nSPS) is 18.4. The van der Waals surface area contributed by atoms with Gasteiger partial charge in [-0.05, 0) is 39.8 Å². The Morgan fingerprint density at radius 2 is 2.00 bits per heavy atom. The fourth-order valence-corrected chi connectivity index (χ4v) is 2.97. The maximum absolute atomic E-state index is 12.4. The first-order chi connectivity index (χ1) is 10.6. The van der Waals surface area contributed by atoms with Gasteiger partial charge in [0.2, 0.25) is 5.91 Å². The number of hydrogen-bond acceptors (Lipinski definition) is 3. The number of H-pyrrole nitrogens is 1. The lowest BCUT2D eigenvalue weighted by Crippen LogP contribution is -2.43. The van der Waals surface area contributed by atoms with Crippen LogP contribution in [0.3, 0.4) is 0 Å². The predicted molar refractivity (Wildman–Crippen MR) is 88.3 cm³/mol. The van der Waals surface area contributed by atoms with Gasteiger partial charge in [0.05, 0.1) is 0 Å². The summed E-state index contributed by atoms with van der Waals surface area (Å²) < 4.78 is 0. The molecule has 1 atom stereocenters. The fraction of sp³-hybridized carbons (Fsp3) is 0.588. The van der Waals surface area contributed by atoms with Crippen molar-refractivity contribution in [3.63, 3.8) is 0 Å². The van der Waals surface area contributed by atoms with Crippen molar-refractivity contribution >= 4 is 11.8 Å². The summed E-state index contributed by atoms with van der Waals surface area (Å²) in [4.78, 5) is 42.5. The van der Waals surface area contributed by atoms with Crippen LogP contribution in [0.25, 0.3) is 0 Å². The topological polar surface area (TPSA) is 73.5 Å². The number of aryl methyl sites for hydroxylation is 1. The van der Waals surface area contributed by atoms with Crippen molar-refractivity contribution in [3.05, 3.63) is 33.7 Å². The van der Waals surface area contributed by atoms with Gasteiger partial charge in [-0.25, -0.2) is 0 Å². The van der Waals surface area contributed by atoms with Gasteiger partial charge in [0.15, 0.2) is 0 Å². The third kappa shape index (κ3) is 3.81. The van der Waals surface area contributed by atoms with Gasteiger partial charge in [-0.1, -0.05) is 0 Å². The zero-order valence-corrected chi connectivity index (χ0v) is 14.5. The lowest BCUT2D eigenvalue weighted by atomic mass is 10.1. The Morgan fingerprint density at radius 1 is 1.35 bits per heavy atom. The molecular weight excluding hydrogens is 294 g/mol. The van der Waals surface area contributed by atoms with E-state index in [-0.39, 0.29) is 34.4 Å². The third-order valence-electron chi connectivity index (χ3n) is 4.18. The Kier molecular flexibility index (Phi) is 4.63. The minimum Gasteiger partial charge on any atom is -0.341 e. The maximum atomic E-state index is 12.4. The summed E-state index contributed by atoms with van der Waals surface area (Å²) in [5.74, 6) is -0.0929. The maximum Gasteiger partial charge on any atom is 0.260 e. The molecule has 126 valence electrons. The summed E-state index contributed by atoms with van der Waals surface area (Å²) in [7, 11) is 1.67. The highest BCUT2D eigenvalue weighted by atomic mass is 16.2. The summed E-state index contributed by atoms with van der Waals surface area (Å²) in [6.07, 6.45) is 0.444. The Morgan fingerprint density at radius 3 is 2.52 bits per heavy atom. The van der Waals surface area contributed by atoms with E-state index in [0.29, 0.717) is 19.5 Å². The zero-order valence-electron chi connectivity index (χ0n) is 14.5. The Balaban J connectivity index is 2.05. The number of nitrogens with one attached hydrogen (secondary N) is 1. The molecule has 0 radical (unpaired) electrons. The Hall–Kier alpha value is -2.11. The first kappa shape index (κ1) is 17.2. The number of aromatic nitrogens is 1. The molecule has 1 saturated heterocycles. The van der Waals surface area contributed by atoms with Crippen LogP contribution in [0.15, 0.2) is 16.9 Å². The van der Waals surface area contributed by atoms with Gasteiger partial charge in [0.1, 0.15) is 5.56 Å². The molecule has 0 aliphatic carbocycles. The standard InChI is InChI=1S/C17H25N3O3/c1-11-6-7-13(15(22)18-11)16(23)19(5)9-12-8-14(21)20(10-12)17(2,3)4/h6-7,12H,8-10H2,1-5H3,(H,18,22). The van der Waals surface area contributed by atoms with Crippen molar-refractivity contribution in [3.8, 4) is 0 Å². The fourth-order valence-electron chi connectivity index (χ4n) is 2.97. The molecule has 1 aliphatic heterocycles. The van der Waals surface area contributed by atoms with E-state index in [0.717, 1.165) is 5.69 Å². The quantitative estimate of drug-likeness (QED) is 0.915. The molecule has 1 fully saturated rings. The molecular formula is C17H25N3O3. The molecule has 2 heterocycles. The van der Waals surface area contributed by atoms with Crippen LogP contribution >= 0.6 is 0 Å². The molecule has 6 heteroatoms. The van der Waals surface area contributed by atoms with Crippen LogP contribution in [0.5, 0.6) is 0 Å². The minimum absolute atomic E-state index is 0.0974. The van der Waals surface area contributed by atoms with Crippen molar-refractivity contribution in [1.29, 1.82) is 0 Å². The van der Waals surface area contributed by atoms with E-state index in [2.05, 4.69) is 4.98 Å². The monoisotopic (exact) mass is 319 g/mol. The molecule has 1 aliphatic rings. The number of carbonyl (C=O) groups excluding carboxylic acids is 2. The molecule has 2 rings (SSSR count). The molecule has 6 nitrogen and oxygen atoms in total. The van der Waals surface area contributed by atoms with Gasteiger partial charge in [-0.2, -0.15) is 0 Å². The van der Waals surface area contributed by atoms with Crippen molar-refractivity contribution in [2.45, 2.75) is 39.7 Å². The molecule has 0 aromatic carbocycles. The van der Waals surface area contributed by atoms with Crippen molar-refractivity contribution in [2.75, 3.05) is 20.1 Å². The average Bonchev–Trinajstić information content (AvgIpc) is 2.78. The second-order valence-corrected chi connectivity index (χ2v) is 7.32. The van der Waals surface area contributed by atoms with Crippen LogP contribution in [-0.2, 0) is 4.79 Å². The van der Waals surface area contributed by atoms with Gasteiger partial charge >= 0.3 is 0 Å². The van der Waals surface area contributed by atoms with Crippen molar-refractivity contribution in [2.24, 2.45) is 5.92 Å². The number of nitrogens with zero attached hydrogens (tertiary/aromatic N) is 2. The second kappa shape index (κ2) is 6.18. The van der Waals surface area contributed by atoms with E-state index in [1.807, 2.05) is 25.7 Å². The van der Waals surface area contributed by atoms with Gasteiger partial charge in [-0.3, -0.25) is 14.4 Å². The molecule has 2 amide bonds. The first-order valence-corrected chi connectivity index (χ1v) is 7.85. The van der Waals surface area contributed by atoms with Gasteiger partial charge in [0, 0.05) is 43.7 Å². The largest absolute Gasteiger partial charge is 0.341 e. The van der Waals surface area contributed by atoms with Gasteiger partial charge in [-0.15, -0.1) is 0 Å². The summed E-state index contributed by atoms with van der Waals surface area (Å²) in [5.41, 5.74) is 0.273. The van der Waals surface area contributed by atoms with Crippen molar-refractivity contribution < 1.29 is 9.59 Å². The highest BCUT2D eigenvalue weighted by Crippen LogP contribution is 2.26. The minimum atomic E-state index is -0.374. The van der Waals surface area contributed by atoms with Crippen LogP contribution in [0.4, 0.5) is 0 Å². The van der Waals surface area contributed by atoms with Crippen molar-refractivity contribution in [1.82, 2.24) is 14.8 Å². The average molecular weight is 319 g/mol. The van der Waals surface area contributed by atoms with Gasteiger partial charge in [0.25, 0.3) is 11.5 Å². The highest BCUT2D eigenvalue weighted by Gasteiger charge is 2.37. The first-order valence-electron chi connectivity index (χ1n) is 7.85. The van der Waals surface area contributed by atoms with Crippen LogP contribution in [0.2, 0.25) is 0 Å². The van der Waals surface area contributed by atoms with E-state index in [9.17, 15) is 14.4 Å².